The maximum atomic E-state index is 13.1. The van der Waals surface area contributed by atoms with Gasteiger partial charge in [0, 0.05) is 13.1 Å². The Morgan fingerprint density at radius 1 is 0.962 bits per heavy atom. The highest BCUT2D eigenvalue weighted by atomic mass is 19.1. The summed E-state index contributed by atoms with van der Waals surface area (Å²) in [6, 6.07) is 10.8. The second-order valence-electron chi connectivity index (χ2n) is 6.02. The van der Waals surface area contributed by atoms with Gasteiger partial charge in [-0.15, -0.1) is 0 Å². The number of hydrogen-bond donors (Lipinski definition) is 1. The summed E-state index contributed by atoms with van der Waals surface area (Å²) in [5.41, 5.74) is 1.37. The quantitative estimate of drug-likeness (QED) is 0.825. The summed E-state index contributed by atoms with van der Waals surface area (Å²) in [7, 11) is 0. The third-order valence-corrected chi connectivity index (χ3v) is 4.05. The molecule has 2 amide bonds. The largest absolute Gasteiger partial charge is 0.355 e. The molecule has 0 bridgehead atoms. The maximum absolute atomic E-state index is 13.1. The van der Waals surface area contributed by atoms with E-state index >= 15 is 0 Å². The van der Waals surface area contributed by atoms with Gasteiger partial charge in [0.05, 0.1) is 6.42 Å². The number of rotatable bonds is 7. The fourth-order valence-corrected chi connectivity index (χ4v) is 2.57. The predicted molar refractivity (Wildman–Crippen MR) is 95.2 cm³/mol. The van der Waals surface area contributed by atoms with Gasteiger partial charge in [-0.25, -0.2) is 8.78 Å². The van der Waals surface area contributed by atoms with Crippen LogP contribution in [0.25, 0.3) is 0 Å². The van der Waals surface area contributed by atoms with Crippen LogP contribution in [-0.4, -0.2) is 29.3 Å². The predicted octanol–water partition coefficient (Wildman–Crippen LogP) is 3.06. The Bertz CT molecular complexity index is 745. The zero-order valence-corrected chi connectivity index (χ0v) is 14.8. The van der Waals surface area contributed by atoms with Gasteiger partial charge in [-0.05, 0) is 49.2 Å². The highest BCUT2D eigenvalue weighted by Crippen LogP contribution is 2.13. The van der Waals surface area contributed by atoms with E-state index in [1.54, 1.807) is 38.1 Å². The monoisotopic (exact) mass is 360 g/mol. The van der Waals surface area contributed by atoms with Crippen molar-refractivity contribution in [2.75, 3.05) is 6.54 Å². The zero-order chi connectivity index (χ0) is 19.1. The van der Waals surface area contributed by atoms with Gasteiger partial charge in [0.2, 0.25) is 11.8 Å². The van der Waals surface area contributed by atoms with Crippen LogP contribution in [0.5, 0.6) is 0 Å². The summed E-state index contributed by atoms with van der Waals surface area (Å²) in [4.78, 5) is 26.5. The Balaban J connectivity index is 2.20. The lowest BCUT2D eigenvalue weighted by Gasteiger charge is -2.28. The average Bonchev–Trinajstić information content (AvgIpc) is 2.62. The summed E-state index contributed by atoms with van der Waals surface area (Å²) in [6.07, 6.45) is 0.0468. The smallest absolute Gasteiger partial charge is 0.242 e. The molecule has 0 spiro atoms. The van der Waals surface area contributed by atoms with Crippen LogP contribution in [0.2, 0.25) is 0 Å². The minimum absolute atomic E-state index is 0.0468. The number of likely N-dealkylation sites (N-methyl/N-ethyl adjacent to an activating group) is 1. The summed E-state index contributed by atoms with van der Waals surface area (Å²) in [5, 5.41) is 2.70. The molecule has 6 heteroatoms. The number of carbonyl (C=O) groups is 2. The lowest BCUT2D eigenvalue weighted by molar-refractivity contribution is -0.140. The van der Waals surface area contributed by atoms with Gasteiger partial charge in [0.25, 0.3) is 0 Å². The molecule has 0 aliphatic rings. The lowest BCUT2D eigenvalue weighted by Crippen LogP contribution is -2.48. The number of nitrogens with one attached hydrogen (secondary N) is 1. The van der Waals surface area contributed by atoms with Crippen molar-refractivity contribution in [1.29, 1.82) is 0 Å². The molecular formula is C20H22F2N2O2. The Morgan fingerprint density at radius 3 is 1.96 bits per heavy atom. The lowest BCUT2D eigenvalue weighted by atomic mass is 10.1. The molecule has 138 valence electrons. The van der Waals surface area contributed by atoms with Crippen LogP contribution in [0.3, 0.4) is 0 Å². The van der Waals surface area contributed by atoms with E-state index in [2.05, 4.69) is 5.32 Å². The Morgan fingerprint density at radius 2 is 1.46 bits per heavy atom. The van der Waals surface area contributed by atoms with Crippen molar-refractivity contribution >= 4 is 11.8 Å². The molecule has 0 saturated carbocycles. The molecule has 0 unspecified atom stereocenters. The average molecular weight is 360 g/mol. The van der Waals surface area contributed by atoms with E-state index in [1.807, 2.05) is 0 Å². The van der Waals surface area contributed by atoms with Crippen molar-refractivity contribution in [1.82, 2.24) is 10.2 Å². The molecule has 1 atom stereocenters. The number of nitrogens with zero attached hydrogens (tertiary/aromatic N) is 1. The van der Waals surface area contributed by atoms with Crippen LogP contribution in [-0.2, 0) is 22.6 Å². The van der Waals surface area contributed by atoms with E-state index in [-0.39, 0.29) is 36.4 Å². The van der Waals surface area contributed by atoms with Crippen molar-refractivity contribution in [2.24, 2.45) is 0 Å². The minimum Gasteiger partial charge on any atom is -0.355 e. The van der Waals surface area contributed by atoms with Crippen molar-refractivity contribution in [2.45, 2.75) is 32.9 Å². The number of carbonyl (C=O) groups excluding carboxylic acids is 2. The standard InChI is InChI=1S/C20H22F2N2O2/c1-3-23-20(26)14(2)24(13-16-6-10-18(22)11-7-16)19(25)12-15-4-8-17(21)9-5-15/h4-11,14H,3,12-13H2,1-2H3,(H,23,26)/t14-/m1/s1. The molecular weight excluding hydrogens is 338 g/mol. The van der Waals surface area contributed by atoms with E-state index in [1.165, 1.54) is 29.2 Å². The van der Waals surface area contributed by atoms with Gasteiger partial charge in [-0.3, -0.25) is 9.59 Å². The first kappa shape index (κ1) is 19.6. The molecule has 0 aliphatic carbocycles. The molecule has 1 N–H and O–H groups in total. The summed E-state index contributed by atoms with van der Waals surface area (Å²) >= 11 is 0. The number of benzene rings is 2. The minimum atomic E-state index is -0.687. The van der Waals surface area contributed by atoms with Crippen LogP contribution in [0.15, 0.2) is 48.5 Å². The van der Waals surface area contributed by atoms with Crippen molar-refractivity contribution < 1.29 is 18.4 Å². The van der Waals surface area contributed by atoms with Crippen LogP contribution in [0, 0.1) is 11.6 Å². The molecule has 0 radical (unpaired) electrons. The molecule has 0 fully saturated rings. The third kappa shape index (κ3) is 5.37. The molecule has 4 nitrogen and oxygen atoms in total. The molecule has 2 aromatic carbocycles. The van der Waals surface area contributed by atoms with Crippen LogP contribution < -0.4 is 5.32 Å². The molecule has 0 aliphatic heterocycles. The van der Waals surface area contributed by atoms with Gasteiger partial charge in [-0.2, -0.15) is 0 Å². The fourth-order valence-electron chi connectivity index (χ4n) is 2.57. The first-order valence-electron chi connectivity index (χ1n) is 8.46. The summed E-state index contributed by atoms with van der Waals surface area (Å²) in [6.45, 7) is 4.09. The van der Waals surface area contributed by atoms with Crippen molar-refractivity contribution in [3.05, 3.63) is 71.3 Å². The van der Waals surface area contributed by atoms with E-state index in [0.29, 0.717) is 12.1 Å². The number of amides is 2. The van der Waals surface area contributed by atoms with Crippen molar-refractivity contribution in [3.63, 3.8) is 0 Å². The highest BCUT2D eigenvalue weighted by molar-refractivity contribution is 5.88. The first-order chi connectivity index (χ1) is 12.4. The van der Waals surface area contributed by atoms with Crippen molar-refractivity contribution in [3.8, 4) is 0 Å². The Labute approximate surface area is 151 Å². The van der Waals surface area contributed by atoms with E-state index in [0.717, 1.165) is 5.56 Å². The van der Waals surface area contributed by atoms with E-state index in [9.17, 15) is 18.4 Å². The molecule has 0 heterocycles. The third-order valence-electron chi connectivity index (χ3n) is 4.05. The first-order valence-corrected chi connectivity index (χ1v) is 8.46. The topological polar surface area (TPSA) is 49.4 Å². The van der Waals surface area contributed by atoms with Crippen LogP contribution >= 0.6 is 0 Å². The zero-order valence-electron chi connectivity index (χ0n) is 14.8. The Kier molecular flexibility index (Phi) is 6.83. The van der Waals surface area contributed by atoms with Crippen LogP contribution in [0.4, 0.5) is 8.78 Å². The summed E-state index contributed by atoms with van der Waals surface area (Å²) < 4.78 is 26.2. The normalized spacial score (nSPS) is 11.7. The maximum Gasteiger partial charge on any atom is 0.242 e. The van der Waals surface area contributed by atoms with E-state index in [4.69, 9.17) is 0 Å². The highest BCUT2D eigenvalue weighted by Gasteiger charge is 2.25. The van der Waals surface area contributed by atoms with Gasteiger partial charge >= 0.3 is 0 Å². The molecule has 0 aromatic heterocycles. The molecule has 2 rings (SSSR count). The SMILES string of the molecule is CCNC(=O)[C@@H](C)N(Cc1ccc(F)cc1)C(=O)Cc1ccc(F)cc1. The van der Waals surface area contributed by atoms with Gasteiger partial charge in [0.15, 0.2) is 0 Å². The molecule has 26 heavy (non-hydrogen) atoms. The van der Waals surface area contributed by atoms with Crippen LogP contribution in [0.1, 0.15) is 25.0 Å². The number of halogens is 2. The fraction of sp³-hybridized carbons (Fsp3) is 0.300. The van der Waals surface area contributed by atoms with Gasteiger partial charge in [-0.1, -0.05) is 24.3 Å². The van der Waals surface area contributed by atoms with Gasteiger partial charge < -0.3 is 10.2 Å². The Hall–Kier alpha value is -2.76. The number of hydrogen-bond acceptors (Lipinski definition) is 2. The summed E-state index contributed by atoms with van der Waals surface area (Å²) in [5.74, 6) is -1.27. The van der Waals surface area contributed by atoms with Gasteiger partial charge in [0.1, 0.15) is 17.7 Å². The second-order valence-corrected chi connectivity index (χ2v) is 6.02. The van der Waals surface area contributed by atoms with E-state index < -0.39 is 6.04 Å². The molecule has 0 saturated heterocycles. The molecule has 2 aromatic rings. The second kappa shape index (κ2) is 9.08.